The maximum Gasteiger partial charge on any atom is 0.265 e. The molecule has 0 spiro atoms. The van der Waals surface area contributed by atoms with Gasteiger partial charge < -0.3 is 21.5 Å². The van der Waals surface area contributed by atoms with Crippen molar-refractivity contribution in [3.8, 4) is 23.1 Å². The molecule has 0 aliphatic carbocycles. The highest BCUT2D eigenvalue weighted by Gasteiger charge is 2.14. The van der Waals surface area contributed by atoms with Crippen molar-refractivity contribution in [1.29, 1.82) is 0 Å². The molecule has 0 bridgehead atoms. The topological polar surface area (TPSA) is 118 Å². The molecule has 8 heteroatoms. The summed E-state index contributed by atoms with van der Waals surface area (Å²) in [5.41, 5.74) is 1.15. The highest BCUT2D eigenvalue weighted by atomic mass is 35.5. The maximum absolute atomic E-state index is 13.3. The lowest BCUT2D eigenvalue weighted by Gasteiger charge is -2.03. The fraction of sp³-hybridized carbons (Fsp3) is 0. The molecule has 6 N–H and O–H groups in total. The molecule has 134 valence electrons. The van der Waals surface area contributed by atoms with E-state index < -0.39 is 5.82 Å². The quantitative estimate of drug-likeness (QED) is 0.467. The first kappa shape index (κ1) is 19.3. The smallest absolute Gasteiger partial charge is 0.265 e. The van der Waals surface area contributed by atoms with Crippen LogP contribution in [0.2, 0.25) is 5.02 Å². The minimum atomic E-state index is -0.475. The van der Waals surface area contributed by atoms with Gasteiger partial charge in [0.05, 0.1) is 5.02 Å². The van der Waals surface area contributed by atoms with E-state index in [2.05, 4.69) is 9.97 Å². The third kappa shape index (κ3) is 3.65. The zero-order valence-electron chi connectivity index (χ0n) is 13.7. The van der Waals surface area contributed by atoms with Crippen LogP contribution in [0.5, 0.6) is 11.8 Å². The minimum Gasteiger partial charge on any atom is -0.450 e. The molecule has 0 unspecified atom stereocenters. The number of furan rings is 1. The Hall–Kier alpha value is -3.00. The van der Waals surface area contributed by atoms with Crippen molar-refractivity contribution in [3.63, 3.8) is 0 Å². The Morgan fingerprint density at radius 1 is 0.962 bits per heavy atom. The third-order valence-corrected chi connectivity index (χ3v) is 3.73. The normalized spacial score (nSPS) is 10.1. The predicted molar refractivity (Wildman–Crippen MR) is 98.8 cm³/mol. The highest BCUT2D eigenvalue weighted by Crippen LogP contribution is 2.34. The Balaban J connectivity index is 0.00000121. The van der Waals surface area contributed by atoms with E-state index in [1.807, 2.05) is 12.1 Å². The molecule has 0 aliphatic rings. The Labute approximate surface area is 153 Å². The molecular formula is C18H16ClFN4O2. The van der Waals surface area contributed by atoms with Gasteiger partial charge in [0.2, 0.25) is 5.88 Å². The molecule has 0 radical (unpaired) electrons. The van der Waals surface area contributed by atoms with E-state index in [9.17, 15) is 4.39 Å². The molecular weight excluding hydrogens is 359 g/mol. The van der Waals surface area contributed by atoms with Gasteiger partial charge in [-0.3, -0.25) is 0 Å². The molecule has 3 heterocycles. The number of hydrogen-bond donors (Lipinski definition) is 2. The van der Waals surface area contributed by atoms with Gasteiger partial charge in [-0.1, -0.05) is 17.7 Å². The van der Waals surface area contributed by atoms with Crippen LogP contribution in [0.25, 0.3) is 22.3 Å². The molecule has 0 atom stereocenters. The largest absolute Gasteiger partial charge is 0.450 e. The van der Waals surface area contributed by atoms with Crippen LogP contribution in [-0.4, -0.2) is 9.97 Å². The van der Waals surface area contributed by atoms with Crippen LogP contribution in [0.4, 0.5) is 4.39 Å². The van der Waals surface area contributed by atoms with Crippen LogP contribution in [0.15, 0.2) is 65.3 Å². The van der Waals surface area contributed by atoms with E-state index in [0.29, 0.717) is 28.7 Å². The van der Waals surface area contributed by atoms with Crippen LogP contribution in [0.1, 0.15) is 0 Å². The molecule has 26 heavy (non-hydrogen) atoms. The number of benzene rings is 1. The van der Waals surface area contributed by atoms with Crippen molar-refractivity contribution < 1.29 is 13.5 Å². The first-order chi connectivity index (χ1) is 11.7. The second-order valence-electron chi connectivity index (χ2n) is 5.04. The average Bonchev–Trinajstić information content (AvgIpc) is 3.04. The summed E-state index contributed by atoms with van der Waals surface area (Å²) in [7, 11) is 0. The van der Waals surface area contributed by atoms with Crippen molar-refractivity contribution in [2.45, 2.75) is 0 Å². The fourth-order valence-corrected chi connectivity index (χ4v) is 2.49. The number of hydrogen-bond acceptors (Lipinski definition) is 6. The molecule has 4 aromatic rings. The number of nitrogens with zero attached hydrogens (tertiary/aromatic N) is 2. The van der Waals surface area contributed by atoms with Gasteiger partial charge in [-0.2, -0.15) is 0 Å². The van der Waals surface area contributed by atoms with Gasteiger partial charge in [-0.25, -0.2) is 14.4 Å². The van der Waals surface area contributed by atoms with Gasteiger partial charge in [0.1, 0.15) is 11.6 Å². The SMILES string of the molecule is Fc1ccc(-c2cc3ccnc(Oc4ccccn4)c3o2)cc1Cl.N.N. The number of rotatable bonds is 3. The van der Waals surface area contributed by atoms with E-state index >= 15 is 0 Å². The molecule has 0 saturated carbocycles. The Morgan fingerprint density at radius 3 is 2.54 bits per heavy atom. The number of fused-ring (bicyclic) bond motifs is 1. The summed E-state index contributed by atoms with van der Waals surface area (Å²) in [6.45, 7) is 0. The van der Waals surface area contributed by atoms with Crippen LogP contribution < -0.4 is 17.0 Å². The standard InChI is InChI=1S/C18H10ClFN2O2.2H3N/c19-13-9-11(4-5-14(13)20)15-10-12-6-8-22-18(17(12)23-15)24-16-3-1-2-7-21-16;;/h1-10H;2*1H3. The van der Waals surface area contributed by atoms with E-state index in [4.69, 9.17) is 20.8 Å². The lowest BCUT2D eigenvalue weighted by molar-refractivity contribution is 0.439. The average molecular weight is 375 g/mol. The van der Waals surface area contributed by atoms with Crippen molar-refractivity contribution >= 4 is 22.6 Å². The summed E-state index contributed by atoms with van der Waals surface area (Å²) in [5.74, 6) is 0.800. The van der Waals surface area contributed by atoms with Crippen molar-refractivity contribution in [2.75, 3.05) is 0 Å². The Morgan fingerprint density at radius 2 is 1.81 bits per heavy atom. The Bertz CT molecular complexity index is 1020. The van der Waals surface area contributed by atoms with E-state index in [1.165, 1.54) is 12.1 Å². The van der Waals surface area contributed by atoms with E-state index in [-0.39, 0.29) is 17.3 Å². The predicted octanol–water partition coefficient (Wildman–Crippen LogP) is 5.80. The number of ether oxygens (including phenoxy) is 1. The van der Waals surface area contributed by atoms with Crippen molar-refractivity contribution in [1.82, 2.24) is 22.3 Å². The minimum absolute atomic E-state index is 0. The number of halogens is 2. The first-order valence-electron chi connectivity index (χ1n) is 7.13. The molecule has 4 rings (SSSR count). The van der Waals surface area contributed by atoms with Gasteiger partial charge >= 0.3 is 0 Å². The molecule has 6 nitrogen and oxygen atoms in total. The summed E-state index contributed by atoms with van der Waals surface area (Å²) in [6, 6.07) is 13.4. The van der Waals surface area contributed by atoms with Crippen LogP contribution in [0.3, 0.4) is 0 Å². The van der Waals surface area contributed by atoms with Gasteiger partial charge in [0.15, 0.2) is 5.58 Å². The van der Waals surface area contributed by atoms with Crippen LogP contribution in [0, 0.1) is 5.82 Å². The van der Waals surface area contributed by atoms with Crippen LogP contribution >= 0.6 is 11.6 Å². The second kappa shape index (κ2) is 7.92. The number of pyridine rings is 2. The van der Waals surface area contributed by atoms with Gasteiger partial charge in [0, 0.05) is 29.4 Å². The van der Waals surface area contributed by atoms with Crippen LogP contribution in [-0.2, 0) is 0 Å². The fourth-order valence-electron chi connectivity index (χ4n) is 2.31. The molecule has 0 saturated heterocycles. The maximum atomic E-state index is 13.3. The molecule has 1 aromatic carbocycles. The first-order valence-corrected chi connectivity index (χ1v) is 7.51. The number of aromatic nitrogens is 2. The summed E-state index contributed by atoms with van der Waals surface area (Å²) < 4.78 is 24.9. The second-order valence-corrected chi connectivity index (χ2v) is 5.45. The lowest BCUT2D eigenvalue weighted by Crippen LogP contribution is -1.89. The summed E-state index contributed by atoms with van der Waals surface area (Å²) in [5, 5.41) is 0.849. The molecule has 0 aliphatic heterocycles. The van der Waals surface area contributed by atoms with E-state index in [0.717, 1.165) is 5.39 Å². The van der Waals surface area contributed by atoms with Crippen molar-refractivity contribution in [2.24, 2.45) is 0 Å². The summed E-state index contributed by atoms with van der Waals surface area (Å²) >= 11 is 5.84. The zero-order chi connectivity index (χ0) is 16.5. The zero-order valence-corrected chi connectivity index (χ0v) is 14.4. The van der Waals surface area contributed by atoms with Crippen molar-refractivity contribution in [3.05, 3.63) is 71.8 Å². The molecule has 3 aromatic heterocycles. The summed E-state index contributed by atoms with van der Waals surface area (Å²) in [6.07, 6.45) is 3.25. The van der Waals surface area contributed by atoms with Gasteiger partial charge in [-0.15, -0.1) is 0 Å². The Kier molecular flexibility index (Phi) is 5.89. The molecule has 0 fully saturated rings. The summed E-state index contributed by atoms with van der Waals surface area (Å²) in [4.78, 5) is 8.30. The monoisotopic (exact) mass is 374 g/mol. The highest BCUT2D eigenvalue weighted by molar-refractivity contribution is 6.31. The van der Waals surface area contributed by atoms with E-state index in [1.54, 1.807) is 36.7 Å². The van der Waals surface area contributed by atoms with Gasteiger partial charge in [0.25, 0.3) is 5.88 Å². The van der Waals surface area contributed by atoms with Gasteiger partial charge in [-0.05, 0) is 36.4 Å². The molecule has 0 amide bonds. The third-order valence-electron chi connectivity index (χ3n) is 3.44. The lowest BCUT2D eigenvalue weighted by atomic mass is 10.1.